The first-order chi connectivity index (χ1) is 3.46. The molecule has 0 spiro atoms. The van der Waals surface area contributed by atoms with E-state index in [-0.39, 0.29) is 67.9 Å². The van der Waals surface area contributed by atoms with Gasteiger partial charge in [-0.1, -0.05) is 19.6 Å². The minimum absolute atomic E-state index is 0. The van der Waals surface area contributed by atoms with E-state index in [2.05, 4.69) is 19.6 Å². The molecule has 0 radical (unpaired) electrons. The van der Waals surface area contributed by atoms with Crippen LogP contribution in [0.1, 0.15) is 0 Å². The van der Waals surface area contributed by atoms with Gasteiger partial charge in [0, 0.05) is 8.80 Å². The van der Waals surface area contributed by atoms with Gasteiger partial charge in [-0.05, 0) is 0 Å². The molecule has 0 saturated heterocycles. The molecule has 0 rings (SSSR count). The van der Waals surface area contributed by atoms with Crippen molar-refractivity contribution in [3.8, 4) is 0 Å². The average molecular weight is 200 g/mol. The molecule has 0 fully saturated rings. The molecule has 0 aliphatic carbocycles. The van der Waals surface area contributed by atoms with Crippen LogP contribution in [0.15, 0.2) is 0 Å². The van der Waals surface area contributed by atoms with Crippen LogP contribution in [0.2, 0.25) is 19.6 Å². The second-order valence-electron chi connectivity index (χ2n) is 1.97. The zero-order valence-electron chi connectivity index (χ0n) is 7.29. The summed E-state index contributed by atoms with van der Waals surface area (Å²) in [6.07, 6.45) is 0. The summed E-state index contributed by atoms with van der Waals surface area (Å²) < 4.78 is 0. The van der Waals surface area contributed by atoms with Gasteiger partial charge >= 0.3 is 59.1 Å². The third-order valence-electron chi connectivity index (χ3n) is 0. The second kappa shape index (κ2) is 17.6. The van der Waals surface area contributed by atoms with Crippen LogP contribution in [-0.2, 0) is 0 Å². The molecule has 0 heterocycles. The molecule has 0 aliphatic heterocycles. The molecule has 52 valence electrons. The number of hydrogen-bond donors (Lipinski definition) is 1. The molecule has 7 heteroatoms. The molecule has 0 atom stereocenters. The van der Waals surface area contributed by atoms with Gasteiger partial charge in [0.25, 0.3) is 0 Å². The monoisotopic (exact) mass is 200 g/mol. The van der Waals surface area contributed by atoms with E-state index >= 15 is 0 Å². The largest absolute Gasteiger partial charge is 1.00 e. The van der Waals surface area contributed by atoms with Crippen LogP contribution in [0.4, 0.5) is 0 Å². The zero-order chi connectivity index (χ0) is 7.15. The Bertz CT molecular complexity index is 37.2. The molecule has 0 amide bonds. The van der Waals surface area contributed by atoms with Gasteiger partial charge < -0.3 is 14.7 Å². The van der Waals surface area contributed by atoms with Crippen LogP contribution < -0.4 is 68.9 Å². The van der Waals surface area contributed by atoms with E-state index in [4.69, 9.17) is 14.7 Å². The summed E-state index contributed by atoms with van der Waals surface area (Å²) in [5.41, 5.74) is 0. The summed E-state index contributed by atoms with van der Waals surface area (Å²) in [4.78, 5) is 24.2. The van der Waals surface area contributed by atoms with Crippen LogP contribution in [0.25, 0.3) is 0 Å². The van der Waals surface area contributed by atoms with Crippen molar-refractivity contribution in [3.63, 3.8) is 0 Å². The van der Waals surface area contributed by atoms with Crippen molar-refractivity contribution in [2.24, 2.45) is 0 Å². The number of rotatable bonds is 0. The topological polar surface area (TPSA) is 66.3 Å². The Balaban J connectivity index is -0.0000000300. The van der Waals surface area contributed by atoms with Gasteiger partial charge in [-0.2, -0.15) is 8.60 Å². The van der Waals surface area contributed by atoms with Crippen molar-refractivity contribution in [3.05, 3.63) is 0 Å². The van der Waals surface area contributed by atoms with Crippen molar-refractivity contribution in [1.29, 1.82) is 0 Å². The minimum Gasteiger partial charge on any atom is -0.820 e. The third kappa shape index (κ3) is 150. The van der Waals surface area contributed by atoms with Gasteiger partial charge in [0.2, 0.25) is 0 Å². The van der Waals surface area contributed by atoms with E-state index in [1.54, 1.807) is 0 Å². The van der Waals surface area contributed by atoms with Gasteiger partial charge in [0.1, 0.15) is 0 Å². The molecular formula is C3H11Na2O3PSi. The predicted octanol–water partition coefficient (Wildman–Crippen LogP) is -6.96. The Kier molecular flexibility index (Phi) is 40.2. The van der Waals surface area contributed by atoms with Crippen molar-refractivity contribution >= 4 is 17.4 Å². The number of hydrogen-bond acceptors (Lipinski definition) is 3. The molecule has 1 N–H and O–H groups in total. The maximum Gasteiger partial charge on any atom is 1.00 e. The molecule has 0 aromatic heterocycles. The van der Waals surface area contributed by atoms with E-state index in [9.17, 15) is 0 Å². The van der Waals surface area contributed by atoms with Gasteiger partial charge in [0.15, 0.2) is 0 Å². The Hall–Kier alpha value is 2.53. The van der Waals surface area contributed by atoms with Crippen LogP contribution in [-0.4, -0.2) is 13.7 Å². The fourth-order valence-corrected chi connectivity index (χ4v) is 0. The molecular weight excluding hydrogens is 189 g/mol. The first kappa shape index (κ1) is 22.9. The quantitative estimate of drug-likeness (QED) is 0.312. The molecule has 3 nitrogen and oxygen atoms in total. The maximum absolute atomic E-state index is 8.59. The maximum atomic E-state index is 8.59. The zero-order valence-corrected chi connectivity index (χ0v) is 13.3. The first-order valence-corrected chi connectivity index (χ1v) is 6.89. The van der Waals surface area contributed by atoms with E-state index in [1.165, 1.54) is 0 Å². The Morgan fingerprint density at radius 2 is 1.10 bits per heavy atom. The summed E-state index contributed by atoms with van der Waals surface area (Å²) in [6, 6.07) is 0. The van der Waals surface area contributed by atoms with Crippen molar-refractivity contribution in [2.75, 3.05) is 0 Å². The van der Waals surface area contributed by atoms with Crippen molar-refractivity contribution in [2.45, 2.75) is 19.6 Å². The fraction of sp³-hybridized carbons (Fsp3) is 1.00. The van der Waals surface area contributed by atoms with Crippen LogP contribution >= 0.6 is 8.60 Å². The predicted molar refractivity (Wildman–Crippen MR) is 33.9 cm³/mol. The standard InChI is InChI=1S/C3H10Si.2Na.HO3P/c1-4(2)3;;;1-4(2)3/h4H,1-3H3;;;1H/q;2*+1;-2. The fourth-order valence-electron chi connectivity index (χ4n) is 0. The van der Waals surface area contributed by atoms with Crippen LogP contribution in [0, 0.1) is 0 Å². The van der Waals surface area contributed by atoms with Gasteiger partial charge in [-0.25, -0.2) is 0 Å². The second-order valence-corrected chi connectivity index (χ2v) is 5.91. The smallest absolute Gasteiger partial charge is 0.820 e. The summed E-state index contributed by atoms with van der Waals surface area (Å²) in [5, 5.41) is 0. The molecule has 0 aromatic carbocycles. The normalized spacial score (nSPS) is 7.20. The molecule has 0 bridgehead atoms. The van der Waals surface area contributed by atoms with E-state index in [0.717, 1.165) is 0 Å². The molecule has 0 unspecified atom stereocenters. The molecule has 0 saturated carbocycles. The Labute approximate surface area is 109 Å². The van der Waals surface area contributed by atoms with Gasteiger partial charge in [-0.15, -0.1) is 0 Å². The summed E-state index contributed by atoms with van der Waals surface area (Å²) in [6.45, 7) is 6.92. The summed E-state index contributed by atoms with van der Waals surface area (Å²) >= 11 is 0. The summed E-state index contributed by atoms with van der Waals surface area (Å²) in [5.74, 6) is 0. The average Bonchev–Trinajstić information content (AvgIpc) is 1.25. The SMILES string of the molecule is C[SiH](C)C.[Na+].[Na+].[O-]P([O-])O. The summed E-state index contributed by atoms with van der Waals surface area (Å²) in [7, 11) is -3.26. The molecule has 0 aromatic rings. The Morgan fingerprint density at radius 3 is 1.10 bits per heavy atom. The molecule has 10 heavy (non-hydrogen) atoms. The van der Waals surface area contributed by atoms with Gasteiger partial charge in [0.05, 0.1) is 0 Å². The van der Waals surface area contributed by atoms with Crippen molar-refractivity contribution in [1.82, 2.24) is 0 Å². The van der Waals surface area contributed by atoms with E-state index in [1.807, 2.05) is 0 Å². The minimum atomic E-state index is -3.12. The first-order valence-electron chi connectivity index (χ1n) is 2.30. The van der Waals surface area contributed by atoms with Crippen LogP contribution in [0.5, 0.6) is 0 Å². The Morgan fingerprint density at radius 1 is 1.10 bits per heavy atom. The third-order valence-corrected chi connectivity index (χ3v) is 0. The van der Waals surface area contributed by atoms with E-state index < -0.39 is 8.60 Å². The van der Waals surface area contributed by atoms with E-state index in [0.29, 0.717) is 0 Å². The molecule has 0 aliphatic rings. The van der Waals surface area contributed by atoms with Gasteiger partial charge in [-0.3, -0.25) is 0 Å². The van der Waals surface area contributed by atoms with Crippen LogP contribution in [0.3, 0.4) is 0 Å². The van der Waals surface area contributed by atoms with Crippen molar-refractivity contribution < 1.29 is 73.8 Å².